The molecule has 1 amide bonds. The summed E-state index contributed by atoms with van der Waals surface area (Å²) in [4.78, 5) is 11.9. The zero-order valence-corrected chi connectivity index (χ0v) is 12.2. The molecular formula is C13H18FN3O2S. The van der Waals surface area contributed by atoms with Crippen molar-refractivity contribution in [2.75, 3.05) is 25.6 Å². The summed E-state index contributed by atoms with van der Waals surface area (Å²) >= 11 is 4.87. The monoisotopic (exact) mass is 299 g/mol. The third kappa shape index (κ3) is 4.75. The number of nitrogens with one attached hydrogen (secondary N) is 2. The van der Waals surface area contributed by atoms with E-state index in [9.17, 15) is 9.18 Å². The first-order valence-electron chi connectivity index (χ1n) is 6.08. The standard InChI is InChI=1S/C13H18FN3O2S/c1-8(13(18)16-5-6-19-2)17-11-4-3-9(14)7-10(11)12(15)20/h3-4,7-8,17H,5-6H2,1-2H3,(H2,15,20)(H,16,18). The first kappa shape index (κ1) is 16.3. The summed E-state index contributed by atoms with van der Waals surface area (Å²) in [6, 6.07) is 3.51. The molecule has 0 fully saturated rings. The lowest BCUT2D eigenvalue weighted by molar-refractivity contribution is -0.121. The molecule has 1 aromatic carbocycles. The number of benzene rings is 1. The Kier molecular flexibility index (Phi) is 6.33. The first-order valence-corrected chi connectivity index (χ1v) is 6.49. The van der Waals surface area contributed by atoms with Crippen LogP contribution in [0.15, 0.2) is 18.2 Å². The molecule has 1 aromatic rings. The van der Waals surface area contributed by atoms with Crippen molar-refractivity contribution < 1.29 is 13.9 Å². The molecule has 0 aliphatic carbocycles. The second-order valence-electron chi connectivity index (χ2n) is 4.20. The van der Waals surface area contributed by atoms with Gasteiger partial charge in [0.2, 0.25) is 5.91 Å². The smallest absolute Gasteiger partial charge is 0.242 e. The van der Waals surface area contributed by atoms with Gasteiger partial charge in [0.1, 0.15) is 16.8 Å². The molecule has 0 spiro atoms. The molecule has 0 aliphatic heterocycles. The van der Waals surface area contributed by atoms with Gasteiger partial charge >= 0.3 is 0 Å². The number of amides is 1. The van der Waals surface area contributed by atoms with E-state index in [2.05, 4.69) is 10.6 Å². The van der Waals surface area contributed by atoms with Crippen LogP contribution in [0.5, 0.6) is 0 Å². The van der Waals surface area contributed by atoms with Crippen LogP contribution in [0.2, 0.25) is 0 Å². The number of hydrogen-bond acceptors (Lipinski definition) is 4. The molecular weight excluding hydrogens is 281 g/mol. The molecule has 7 heteroatoms. The third-order valence-corrected chi connectivity index (χ3v) is 2.84. The molecule has 0 aromatic heterocycles. The number of carbonyl (C=O) groups is 1. The molecule has 110 valence electrons. The van der Waals surface area contributed by atoms with Gasteiger partial charge in [-0.05, 0) is 25.1 Å². The molecule has 1 unspecified atom stereocenters. The van der Waals surface area contributed by atoms with Gasteiger partial charge < -0.3 is 21.1 Å². The lowest BCUT2D eigenvalue weighted by Gasteiger charge is -2.17. The molecule has 0 aliphatic rings. The maximum Gasteiger partial charge on any atom is 0.242 e. The highest BCUT2D eigenvalue weighted by Gasteiger charge is 2.15. The Bertz CT molecular complexity index is 497. The fourth-order valence-corrected chi connectivity index (χ4v) is 1.74. The Morgan fingerprint density at radius 1 is 1.55 bits per heavy atom. The third-order valence-electron chi connectivity index (χ3n) is 2.62. The Hall–Kier alpha value is -1.73. The molecule has 20 heavy (non-hydrogen) atoms. The van der Waals surface area contributed by atoms with Gasteiger partial charge in [-0.15, -0.1) is 0 Å². The van der Waals surface area contributed by atoms with E-state index < -0.39 is 11.9 Å². The highest BCUT2D eigenvalue weighted by molar-refractivity contribution is 7.80. The van der Waals surface area contributed by atoms with Crippen LogP contribution in [0.3, 0.4) is 0 Å². The van der Waals surface area contributed by atoms with E-state index in [1.54, 1.807) is 14.0 Å². The van der Waals surface area contributed by atoms with E-state index in [1.165, 1.54) is 18.2 Å². The van der Waals surface area contributed by atoms with Gasteiger partial charge in [0.05, 0.1) is 6.61 Å². The van der Waals surface area contributed by atoms with Gasteiger partial charge in [0.25, 0.3) is 0 Å². The minimum atomic E-state index is -0.509. The molecule has 0 saturated heterocycles. The first-order chi connectivity index (χ1) is 9.45. The molecule has 0 radical (unpaired) electrons. The van der Waals surface area contributed by atoms with Gasteiger partial charge in [0, 0.05) is 24.9 Å². The van der Waals surface area contributed by atoms with E-state index in [0.29, 0.717) is 24.4 Å². The van der Waals surface area contributed by atoms with Crippen LogP contribution < -0.4 is 16.4 Å². The average molecular weight is 299 g/mol. The maximum absolute atomic E-state index is 13.2. The summed E-state index contributed by atoms with van der Waals surface area (Å²) in [5.41, 5.74) is 6.43. The SMILES string of the molecule is COCCNC(=O)C(C)Nc1ccc(F)cc1C(N)=S. The van der Waals surface area contributed by atoms with Crippen molar-refractivity contribution in [3.8, 4) is 0 Å². The van der Waals surface area contributed by atoms with Crippen LogP contribution in [-0.4, -0.2) is 37.2 Å². The van der Waals surface area contributed by atoms with Crippen molar-refractivity contribution >= 4 is 28.8 Å². The van der Waals surface area contributed by atoms with Crippen LogP contribution in [0, 0.1) is 5.82 Å². The van der Waals surface area contributed by atoms with Crippen LogP contribution in [0.1, 0.15) is 12.5 Å². The number of thiocarbonyl (C=S) groups is 1. The topological polar surface area (TPSA) is 76.4 Å². The molecule has 1 rings (SSSR count). The Balaban J connectivity index is 2.72. The highest BCUT2D eigenvalue weighted by Crippen LogP contribution is 2.18. The van der Waals surface area contributed by atoms with Crippen molar-refractivity contribution in [3.63, 3.8) is 0 Å². The van der Waals surface area contributed by atoms with Gasteiger partial charge in [-0.2, -0.15) is 0 Å². The van der Waals surface area contributed by atoms with Crippen LogP contribution in [0.4, 0.5) is 10.1 Å². The summed E-state index contributed by atoms with van der Waals surface area (Å²) in [6.45, 7) is 2.55. The minimum absolute atomic E-state index is 0.0685. The van der Waals surface area contributed by atoms with Crippen LogP contribution in [-0.2, 0) is 9.53 Å². The number of nitrogens with two attached hydrogens (primary N) is 1. The number of anilines is 1. The number of halogens is 1. The largest absolute Gasteiger partial charge is 0.389 e. The average Bonchev–Trinajstić information content (AvgIpc) is 2.40. The molecule has 0 bridgehead atoms. The zero-order valence-electron chi connectivity index (χ0n) is 11.4. The zero-order chi connectivity index (χ0) is 15.1. The summed E-state index contributed by atoms with van der Waals surface area (Å²) in [5, 5.41) is 5.66. The van der Waals surface area contributed by atoms with Crippen molar-refractivity contribution in [2.24, 2.45) is 5.73 Å². The molecule has 1 atom stereocenters. The van der Waals surface area contributed by atoms with Crippen molar-refractivity contribution in [2.45, 2.75) is 13.0 Å². The van der Waals surface area contributed by atoms with Gasteiger partial charge in [-0.25, -0.2) is 4.39 Å². The second-order valence-corrected chi connectivity index (χ2v) is 4.64. The molecule has 0 saturated carbocycles. The molecule has 5 nitrogen and oxygen atoms in total. The number of ether oxygens (including phenoxy) is 1. The molecule has 4 N–H and O–H groups in total. The fraction of sp³-hybridized carbons (Fsp3) is 0.385. The van der Waals surface area contributed by atoms with Gasteiger partial charge in [-0.1, -0.05) is 12.2 Å². The number of hydrogen-bond donors (Lipinski definition) is 3. The predicted molar refractivity (Wildman–Crippen MR) is 80.3 cm³/mol. The number of methoxy groups -OCH3 is 1. The van der Waals surface area contributed by atoms with E-state index in [1.807, 2.05) is 0 Å². The summed E-state index contributed by atoms with van der Waals surface area (Å²) in [6.07, 6.45) is 0. The summed E-state index contributed by atoms with van der Waals surface area (Å²) < 4.78 is 18.0. The number of carbonyl (C=O) groups excluding carboxylic acids is 1. The maximum atomic E-state index is 13.2. The Morgan fingerprint density at radius 2 is 2.25 bits per heavy atom. The van der Waals surface area contributed by atoms with E-state index in [-0.39, 0.29) is 10.9 Å². The Labute approximate surface area is 122 Å². The summed E-state index contributed by atoms with van der Waals surface area (Å²) in [7, 11) is 1.56. The fourth-order valence-electron chi connectivity index (χ4n) is 1.57. The van der Waals surface area contributed by atoms with Crippen LogP contribution in [0.25, 0.3) is 0 Å². The lowest BCUT2D eigenvalue weighted by Crippen LogP contribution is -2.39. The quantitative estimate of drug-likeness (QED) is 0.518. The highest BCUT2D eigenvalue weighted by atomic mass is 32.1. The van der Waals surface area contributed by atoms with E-state index >= 15 is 0 Å². The number of rotatable bonds is 7. The van der Waals surface area contributed by atoms with Crippen molar-refractivity contribution in [1.82, 2.24) is 5.32 Å². The summed E-state index contributed by atoms with van der Waals surface area (Å²) in [5.74, 6) is -0.629. The van der Waals surface area contributed by atoms with E-state index in [4.69, 9.17) is 22.7 Å². The van der Waals surface area contributed by atoms with Gasteiger partial charge in [-0.3, -0.25) is 4.79 Å². The van der Waals surface area contributed by atoms with Crippen molar-refractivity contribution in [1.29, 1.82) is 0 Å². The minimum Gasteiger partial charge on any atom is -0.389 e. The predicted octanol–water partition coefficient (Wildman–Crippen LogP) is 1.02. The Morgan fingerprint density at radius 3 is 2.85 bits per heavy atom. The van der Waals surface area contributed by atoms with Crippen LogP contribution >= 0.6 is 12.2 Å². The lowest BCUT2D eigenvalue weighted by atomic mass is 10.1. The normalized spacial score (nSPS) is 11.8. The van der Waals surface area contributed by atoms with E-state index in [0.717, 1.165) is 0 Å². The van der Waals surface area contributed by atoms with Crippen molar-refractivity contribution in [3.05, 3.63) is 29.6 Å². The molecule has 0 heterocycles. The second kappa shape index (κ2) is 7.76. The van der Waals surface area contributed by atoms with Gasteiger partial charge in [0.15, 0.2) is 0 Å².